The maximum Gasteiger partial charge on any atom is 0.241 e. The standard InChI is InChI=1S/C13H20N2O4S/c1-19-9-3-4-12(14)13(16)15-10-5-7-11(8-6-10)20(2,17)18/h5-8,12H,3-4,9,14H2,1-2H3,(H,15,16). The molecule has 0 spiro atoms. The molecule has 1 amide bonds. The van der Waals surface area contributed by atoms with Gasteiger partial charge in [0.1, 0.15) is 0 Å². The van der Waals surface area contributed by atoms with Gasteiger partial charge >= 0.3 is 0 Å². The molecule has 0 saturated carbocycles. The highest BCUT2D eigenvalue weighted by molar-refractivity contribution is 7.90. The lowest BCUT2D eigenvalue weighted by molar-refractivity contribution is -0.117. The number of sulfone groups is 1. The number of benzene rings is 1. The highest BCUT2D eigenvalue weighted by Crippen LogP contribution is 2.14. The number of anilines is 1. The number of hydrogen-bond donors (Lipinski definition) is 2. The van der Waals surface area contributed by atoms with Crippen molar-refractivity contribution in [1.82, 2.24) is 0 Å². The Morgan fingerprint density at radius 1 is 1.35 bits per heavy atom. The number of methoxy groups -OCH3 is 1. The minimum absolute atomic E-state index is 0.208. The zero-order valence-electron chi connectivity index (χ0n) is 11.6. The number of nitrogens with one attached hydrogen (secondary N) is 1. The smallest absolute Gasteiger partial charge is 0.241 e. The van der Waals surface area contributed by atoms with Gasteiger partial charge in [0, 0.05) is 25.7 Å². The number of amides is 1. The summed E-state index contributed by atoms with van der Waals surface area (Å²) < 4.78 is 27.5. The van der Waals surface area contributed by atoms with Gasteiger partial charge in [0.05, 0.1) is 10.9 Å². The first-order valence-corrected chi connectivity index (χ1v) is 8.09. The molecule has 20 heavy (non-hydrogen) atoms. The van der Waals surface area contributed by atoms with Gasteiger partial charge in [0.15, 0.2) is 9.84 Å². The monoisotopic (exact) mass is 300 g/mol. The molecule has 0 aliphatic rings. The molecule has 0 aliphatic carbocycles. The summed E-state index contributed by atoms with van der Waals surface area (Å²) in [4.78, 5) is 12.0. The lowest BCUT2D eigenvalue weighted by Gasteiger charge is -2.12. The SMILES string of the molecule is COCCCC(N)C(=O)Nc1ccc(S(C)(=O)=O)cc1. The molecule has 0 aliphatic heterocycles. The largest absolute Gasteiger partial charge is 0.385 e. The maximum atomic E-state index is 11.8. The molecule has 3 N–H and O–H groups in total. The predicted octanol–water partition coefficient (Wildman–Crippen LogP) is 0.783. The van der Waals surface area contributed by atoms with Crippen LogP contribution in [0.15, 0.2) is 29.2 Å². The van der Waals surface area contributed by atoms with Crippen LogP contribution in [0.1, 0.15) is 12.8 Å². The number of hydrogen-bond acceptors (Lipinski definition) is 5. The average molecular weight is 300 g/mol. The highest BCUT2D eigenvalue weighted by Gasteiger charge is 2.13. The van der Waals surface area contributed by atoms with Crippen LogP contribution < -0.4 is 11.1 Å². The Bertz CT molecular complexity index is 540. The molecular weight excluding hydrogens is 280 g/mol. The fraction of sp³-hybridized carbons (Fsp3) is 0.462. The quantitative estimate of drug-likeness (QED) is 0.725. The lowest BCUT2D eigenvalue weighted by atomic mass is 10.1. The predicted molar refractivity (Wildman–Crippen MR) is 77.3 cm³/mol. The summed E-state index contributed by atoms with van der Waals surface area (Å²) in [6.07, 6.45) is 2.37. The molecular formula is C13H20N2O4S. The Labute approximate surface area is 119 Å². The second-order valence-electron chi connectivity index (χ2n) is 4.53. The van der Waals surface area contributed by atoms with Crippen molar-refractivity contribution >= 4 is 21.4 Å². The molecule has 0 aromatic heterocycles. The van der Waals surface area contributed by atoms with Gasteiger partial charge < -0.3 is 15.8 Å². The van der Waals surface area contributed by atoms with E-state index in [0.29, 0.717) is 25.1 Å². The second kappa shape index (κ2) is 7.37. The van der Waals surface area contributed by atoms with Gasteiger partial charge in [0.25, 0.3) is 0 Å². The summed E-state index contributed by atoms with van der Waals surface area (Å²) >= 11 is 0. The van der Waals surface area contributed by atoms with Crippen molar-refractivity contribution in [2.24, 2.45) is 5.73 Å². The lowest BCUT2D eigenvalue weighted by Crippen LogP contribution is -2.35. The summed E-state index contributed by atoms with van der Waals surface area (Å²) in [7, 11) is -1.64. The van der Waals surface area contributed by atoms with E-state index in [-0.39, 0.29) is 10.8 Å². The van der Waals surface area contributed by atoms with E-state index in [0.717, 1.165) is 6.26 Å². The van der Waals surface area contributed by atoms with Crippen LogP contribution in [0, 0.1) is 0 Å². The molecule has 1 atom stereocenters. The van der Waals surface area contributed by atoms with E-state index in [2.05, 4.69) is 5.32 Å². The number of carbonyl (C=O) groups excluding carboxylic acids is 1. The molecule has 1 aromatic rings. The average Bonchev–Trinajstić information content (AvgIpc) is 2.38. The Morgan fingerprint density at radius 2 is 1.95 bits per heavy atom. The van der Waals surface area contributed by atoms with Crippen molar-refractivity contribution in [2.45, 2.75) is 23.8 Å². The fourth-order valence-corrected chi connectivity index (χ4v) is 2.23. The van der Waals surface area contributed by atoms with Crippen LogP contribution in [0.3, 0.4) is 0 Å². The molecule has 0 radical (unpaired) electrons. The summed E-state index contributed by atoms with van der Waals surface area (Å²) in [6, 6.07) is 5.36. The Kier molecular flexibility index (Phi) is 6.12. The van der Waals surface area contributed by atoms with Crippen LogP contribution in [0.5, 0.6) is 0 Å². The zero-order chi connectivity index (χ0) is 15.2. The van der Waals surface area contributed by atoms with E-state index in [9.17, 15) is 13.2 Å². The van der Waals surface area contributed by atoms with Crippen LogP contribution in [0.4, 0.5) is 5.69 Å². The van der Waals surface area contributed by atoms with Crippen LogP contribution in [-0.2, 0) is 19.4 Å². The third kappa shape index (κ3) is 5.28. The minimum Gasteiger partial charge on any atom is -0.385 e. The molecule has 0 heterocycles. The van der Waals surface area contributed by atoms with Gasteiger partial charge in [-0.25, -0.2) is 8.42 Å². The first kappa shape index (κ1) is 16.6. The molecule has 0 fully saturated rings. The van der Waals surface area contributed by atoms with E-state index in [4.69, 9.17) is 10.5 Å². The molecule has 1 aromatic carbocycles. The van der Waals surface area contributed by atoms with Crippen LogP contribution in [0.25, 0.3) is 0 Å². The Hall–Kier alpha value is -1.44. The van der Waals surface area contributed by atoms with Crippen molar-refractivity contribution in [3.05, 3.63) is 24.3 Å². The summed E-state index contributed by atoms with van der Waals surface area (Å²) in [5.74, 6) is -0.298. The summed E-state index contributed by atoms with van der Waals surface area (Å²) in [5, 5.41) is 2.65. The van der Waals surface area contributed by atoms with E-state index in [1.54, 1.807) is 7.11 Å². The fourth-order valence-electron chi connectivity index (χ4n) is 1.60. The van der Waals surface area contributed by atoms with Gasteiger partial charge in [-0.3, -0.25) is 4.79 Å². The van der Waals surface area contributed by atoms with Crippen molar-refractivity contribution in [3.8, 4) is 0 Å². The Balaban J connectivity index is 2.58. The minimum atomic E-state index is -3.23. The van der Waals surface area contributed by atoms with Crippen molar-refractivity contribution in [1.29, 1.82) is 0 Å². The van der Waals surface area contributed by atoms with Gasteiger partial charge in [0.2, 0.25) is 5.91 Å². The van der Waals surface area contributed by atoms with Crippen molar-refractivity contribution < 1.29 is 17.9 Å². The van der Waals surface area contributed by atoms with E-state index >= 15 is 0 Å². The molecule has 7 heteroatoms. The highest BCUT2D eigenvalue weighted by atomic mass is 32.2. The first-order chi connectivity index (χ1) is 9.34. The first-order valence-electron chi connectivity index (χ1n) is 6.20. The van der Waals surface area contributed by atoms with E-state index in [1.807, 2.05) is 0 Å². The molecule has 1 unspecified atom stereocenters. The molecule has 0 saturated heterocycles. The summed E-state index contributed by atoms with van der Waals surface area (Å²) in [5.41, 5.74) is 6.26. The van der Waals surface area contributed by atoms with Crippen LogP contribution in [0.2, 0.25) is 0 Å². The third-order valence-corrected chi connectivity index (χ3v) is 3.88. The molecule has 0 bridgehead atoms. The normalized spacial score (nSPS) is 12.9. The van der Waals surface area contributed by atoms with Crippen LogP contribution >= 0.6 is 0 Å². The number of nitrogens with two attached hydrogens (primary N) is 1. The number of rotatable bonds is 7. The van der Waals surface area contributed by atoms with Gasteiger partial charge in [-0.1, -0.05) is 0 Å². The van der Waals surface area contributed by atoms with E-state index in [1.165, 1.54) is 24.3 Å². The van der Waals surface area contributed by atoms with E-state index < -0.39 is 15.9 Å². The van der Waals surface area contributed by atoms with Gasteiger partial charge in [-0.2, -0.15) is 0 Å². The van der Waals surface area contributed by atoms with Gasteiger partial charge in [-0.15, -0.1) is 0 Å². The molecule has 6 nitrogen and oxygen atoms in total. The van der Waals surface area contributed by atoms with Crippen molar-refractivity contribution in [2.75, 3.05) is 25.3 Å². The summed E-state index contributed by atoms with van der Waals surface area (Å²) in [6.45, 7) is 0.560. The molecule has 1 rings (SSSR count). The third-order valence-electron chi connectivity index (χ3n) is 2.75. The topological polar surface area (TPSA) is 98.5 Å². The van der Waals surface area contributed by atoms with Crippen LogP contribution in [-0.4, -0.2) is 40.3 Å². The van der Waals surface area contributed by atoms with Gasteiger partial charge in [-0.05, 0) is 37.1 Å². The second-order valence-corrected chi connectivity index (χ2v) is 6.54. The maximum absolute atomic E-state index is 11.8. The molecule has 112 valence electrons. The zero-order valence-corrected chi connectivity index (χ0v) is 12.4. The number of carbonyl (C=O) groups is 1. The van der Waals surface area contributed by atoms with Crippen molar-refractivity contribution in [3.63, 3.8) is 0 Å². The Morgan fingerprint density at radius 3 is 2.45 bits per heavy atom. The number of ether oxygens (including phenoxy) is 1.